The third kappa shape index (κ3) is 6.52. The van der Waals surface area contributed by atoms with E-state index in [9.17, 15) is 26.4 Å². The zero-order valence-corrected chi connectivity index (χ0v) is 16.7. The zero-order valence-electron chi connectivity index (χ0n) is 15.9. The van der Waals surface area contributed by atoms with Gasteiger partial charge in [-0.1, -0.05) is 18.2 Å². The number of halogens is 3. The van der Waals surface area contributed by atoms with Crippen molar-refractivity contribution >= 4 is 27.7 Å². The molecule has 2 aromatic carbocycles. The molecule has 11 heteroatoms. The van der Waals surface area contributed by atoms with E-state index in [0.717, 1.165) is 17.8 Å². The smallest absolute Gasteiger partial charge is 0.323 e. The predicted octanol–water partition coefficient (Wildman–Crippen LogP) is 3.36. The fraction of sp³-hybridized carbons (Fsp3) is 0.100. The first-order valence-corrected chi connectivity index (χ1v) is 10.4. The second kappa shape index (κ2) is 9.14. The van der Waals surface area contributed by atoms with Crippen molar-refractivity contribution in [2.75, 3.05) is 11.9 Å². The van der Waals surface area contributed by atoms with E-state index in [1.165, 1.54) is 22.9 Å². The number of amides is 1. The van der Waals surface area contributed by atoms with Crippen molar-refractivity contribution in [3.8, 4) is 5.69 Å². The highest BCUT2D eigenvalue weighted by Crippen LogP contribution is 2.17. The second-order valence-electron chi connectivity index (χ2n) is 6.34. The zero-order chi connectivity index (χ0) is 22.5. The Morgan fingerprint density at radius 3 is 2.39 bits per heavy atom. The number of sulfonamides is 1. The Bertz CT molecular complexity index is 1170. The van der Waals surface area contributed by atoms with Crippen LogP contribution >= 0.6 is 0 Å². The lowest BCUT2D eigenvalue weighted by Crippen LogP contribution is -2.33. The number of hydrogen-bond donors (Lipinski definition) is 2. The van der Waals surface area contributed by atoms with E-state index in [0.29, 0.717) is 5.56 Å². The molecular formula is C20H17F3N4O3S. The minimum absolute atomic E-state index is 0.282. The molecule has 0 unspecified atom stereocenters. The van der Waals surface area contributed by atoms with Crippen LogP contribution in [0.15, 0.2) is 78.0 Å². The highest BCUT2D eigenvalue weighted by molar-refractivity contribution is 7.89. The number of carbonyl (C=O) groups excluding carboxylic acids is 1. The van der Waals surface area contributed by atoms with Gasteiger partial charge in [0.15, 0.2) is 0 Å². The molecule has 162 valence electrons. The maximum absolute atomic E-state index is 12.2. The summed E-state index contributed by atoms with van der Waals surface area (Å²) in [5, 5.41) is 6.75. The summed E-state index contributed by atoms with van der Waals surface area (Å²) in [6.07, 6.45) is 1.51. The molecule has 0 bridgehead atoms. The summed E-state index contributed by atoms with van der Waals surface area (Å²) in [7, 11) is -4.31. The molecule has 0 fully saturated rings. The third-order valence-electron chi connectivity index (χ3n) is 3.95. The number of alkyl halides is 3. The summed E-state index contributed by atoms with van der Waals surface area (Å²) in [5.74, 6) is -0.474. The molecule has 0 radical (unpaired) electrons. The summed E-state index contributed by atoms with van der Waals surface area (Å²) in [6, 6.07) is 14.2. The van der Waals surface area contributed by atoms with Gasteiger partial charge in [0.1, 0.15) is 6.54 Å². The number of aromatic nitrogens is 2. The maximum atomic E-state index is 12.2. The van der Waals surface area contributed by atoms with Gasteiger partial charge in [-0.15, -0.1) is 0 Å². The van der Waals surface area contributed by atoms with E-state index in [2.05, 4.69) is 10.4 Å². The van der Waals surface area contributed by atoms with Crippen LogP contribution in [0.3, 0.4) is 0 Å². The van der Waals surface area contributed by atoms with Gasteiger partial charge in [0.05, 0.1) is 16.8 Å². The van der Waals surface area contributed by atoms with Gasteiger partial charge in [0.25, 0.3) is 0 Å². The Hall–Kier alpha value is -3.44. The SMILES string of the molecule is O=C(/C=C/c1cnn(-c2ccccc2)c1)Nc1ccc(S(=O)(=O)NCC(F)(F)F)cc1. The lowest BCUT2D eigenvalue weighted by atomic mass is 10.3. The molecule has 0 spiro atoms. The molecule has 31 heavy (non-hydrogen) atoms. The Morgan fingerprint density at radius 1 is 1.06 bits per heavy atom. The number of benzene rings is 2. The Labute approximate surface area is 176 Å². The number of anilines is 1. The van der Waals surface area contributed by atoms with Crippen molar-refractivity contribution in [2.45, 2.75) is 11.1 Å². The molecule has 0 aliphatic rings. The molecule has 0 aliphatic heterocycles. The van der Waals surface area contributed by atoms with Crippen LogP contribution in [0.25, 0.3) is 11.8 Å². The van der Waals surface area contributed by atoms with Gasteiger partial charge in [0, 0.05) is 23.5 Å². The quantitative estimate of drug-likeness (QED) is 0.540. The first-order valence-electron chi connectivity index (χ1n) is 8.88. The number of hydrogen-bond acceptors (Lipinski definition) is 4. The average molecular weight is 450 g/mol. The van der Waals surface area contributed by atoms with E-state index in [-0.39, 0.29) is 10.6 Å². The van der Waals surface area contributed by atoms with Crippen LogP contribution in [0, 0.1) is 0 Å². The largest absolute Gasteiger partial charge is 0.402 e. The molecule has 1 heterocycles. The van der Waals surface area contributed by atoms with Gasteiger partial charge in [-0.25, -0.2) is 17.8 Å². The first kappa shape index (κ1) is 22.2. The molecule has 1 amide bonds. The molecule has 1 aromatic heterocycles. The lowest BCUT2D eigenvalue weighted by molar-refractivity contribution is -0.121. The Kier molecular flexibility index (Phi) is 6.56. The number of rotatable bonds is 7. The molecule has 0 saturated carbocycles. The van der Waals surface area contributed by atoms with Gasteiger partial charge >= 0.3 is 6.18 Å². The number of carbonyl (C=O) groups is 1. The Balaban J connectivity index is 1.59. The maximum Gasteiger partial charge on any atom is 0.402 e. The average Bonchev–Trinajstić information content (AvgIpc) is 3.21. The monoisotopic (exact) mass is 450 g/mol. The minimum atomic E-state index is -4.66. The van der Waals surface area contributed by atoms with Crippen LogP contribution in [0.5, 0.6) is 0 Å². The van der Waals surface area contributed by atoms with Gasteiger partial charge in [-0.3, -0.25) is 4.79 Å². The van der Waals surface area contributed by atoms with Crippen molar-refractivity contribution in [1.29, 1.82) is 0 Å². The molecule has 0 atom stereocenters. The number of nitrogens with one attached hydrogen (secondary N) is 2. The molecule has 3 aromatic rings. The van der Waals surface area contributed by atoms with Crippen LogP contribution in [0.2, 0.25) is 0 Å². The van der Waals surface area contributed by atoms with Crippen LogP contribution < -0.4 is 10.0 Å². The van der Waals surface area contributed by atoms with Gasteiger partial charge in [-0.2, -0.15) is 18.3 Å². The van der Waals surface area contributed by atoms with Crippen LogP contribution in [0.1, 0.15) is 5.56 Å². The number of nitrogens with zero attached hydrogens (tertiary/aromatic N) is 2. The van der Waals surface area contributed by atoms with E-state index in [1.807, 2.05) is 30.3 Å². The fourth-order valence-electron chi connectivity index (χ4n) is 2.48. The first-order chi connectivity index (χ1) is 14.6. The van der Waals surface area contributed by atoms with E-state index >= 15 is 0 Å². The topological polar surface area (TPSA) is 93.1 Å². The fourth-order valence-corrected chi connectivity index (χ4v) is 3.49. The molecular weight excluding hydrogens is 433 g/mol. The Morgan fingerprint density at radius 2 is 1.74 bits per heavy atom. The normalized spacial score (nSPS) is 12.2. The molecule has 0 saturated heterocycles. The standard InChI is InChI=1S/C20H17F3N4O3S/c21-20(22,23)14-25-31(29,30)18-9-7-16(8-10-18)26-19(28)11-6-15-12-24-27(13-15)17-4-2-1-3-5-17/h1-13,25H,14H2,(H,26,28)/b11-6+. The minimum Gasteiger partial charge on any atom is -0.323 e. The van der Waals surface area contributed by atoms with Crippen LogP contribution in [0.4, 0.5) is 18.9 Å². The highest BCUT2D eigenvalue weighted by Gasteiger charge is 2.30. The van der Waals surface area contributed by atoms with E-state index in [4.69, 9.17) is 0 Å². The summed E-state index contributed by atoms with van der Waals surface area (Å²) in [4.78, 5) is 11.7. The summed E-state index contributed by atoms with van der Waals surface area (Å²) in [6.45, 7) is -1.67. The molecule has 7 nitrogen and oxygen atoms in total. The van der Waals surface area contributed by atoms with Crippen molar-refractivity contribution in [3.63, 3.8) is 0 Å². The van der Waals surface area contributed by atoms with Crippen LogP contribution in [-0.4, -0.2) is 36.8 Å². The van der Waals surface area contributed by atoms with Crippen molar-refractivity contribution in [2.24, 2.45) is 0 Å². The molecule has 2 N–H and O–H groups in total. The molecule has 0 aliphatic carbocycles. The predicted molar refractivity (Wildman–Crippen MR) is 109 cm³/mol. The van der Waals surface area contributed by atoms with Gasteiger partial charge in [0.2, 0.25) is 15.9 Å². The summed E-state index contributed by atoms with van der Waals surface area (Å²) >= 11 is 0. The summed E-state index contributed by atoms with van der Waals surface area (Å²) in [5.41, 5.74) is 1.84. The van der Waals surface area contributed by atoms with Crippen LogP contribution in [-0.2, 0) is 14.8 Å². The molecule has 3 rings (SSSR count). The summed E-state index contributed by atoms with van der Waals surface area (Å²) < 4.78 is 63.5. The van der Waals surface area contributed by atoms with E-state index < -0.39 is 28.7 Å². The number of para-hydroxylation sites is 1. The van der Waals surface area contributed by atoms with E-state index in [1.54, 1.807) is 23.2 Å². The van der Waals surface area contributed by atoms with Gasteiger partial charge in [-0.05, 0) is 42.5 Å². The second-order valence-corrected chi connectivity index (χ2v) is 8.11. The van der Waals surface area contributed by atoms with Crippen molar-refractivity contribution in [3.05, 3.63) is 78.6 Å². The lowest BCUT2D eigenvalue weighted by Gasteiger charge is -2.10. The van der Waals surface area contributed by atoms with Crippen molar-refractivity contribution in [1.82, 2.24) is 14.5 Å². The van der Waals surface area contributed by atoms with Crippen molar-refractivity contribution < 1.29 is 26.4 Å². The van der Waals surface area contributed by atoms with Gasteiger partial charge < -0.3 is 5.32 Å². The highest BCUT2D eigenvalue weighted by atomic mass is 32.2. The third-order valence-corrected chi connectivity index (χ3v) is 5.36.